The lowest BCUT2D eigenvalue weighted by molar-refractivity contribution is -0.158. The van der Waals surface area contributed by atoms with Crippen LogP contribution in [0.4, 0.5) is 0 Å². The molecule has 0 saturated heterocycles. The van der Waals surface area contributed by atoms with Crippen molar-refractivity contribution in [2.75, 3.05) is 7.11 Å². The number of esters is 1. The quantitative estimate of drug-likeness (QED) is 0.453. The number of aliphatic hydroxyl groups is 2. The fourth-order valence-electron chi connectivity index (χ4n) is 4.22. The zero-order chi connectivity index (χ0) is 26.3. The number of allylic oxidation sites excluding steroid dienone is 1. The number of aliphatic hydroxyl groups excluding tert-OH is 2. The highest BCUT2D eigenvalue weighted by atomic mass is 32.1. The molecule has 0 saturated carbocycles. The van der Waals surface area contributed by atoms with Gasteiger partial charge in [0.2, 0.25) is 0 Å². The van der Waals surface area contributed by atoms with Crippen LogP contribution in [-0.4, -0.2) is 58.5 Å². The molecule has 1 aliphatic rings. The van der Waals surface area contributed by atoms with Crippen molar-refractivity contribution in [2.45, 2.75) is 98.1 Å². The average molecular weight is 508 g/mol. The second kappa shape index (κ2) is 12.9. The predicted octanol–water partition coefficient (Wildman–Crippen LogP) is 4.65. The van der Waals surface area contributed by atoms with E-state index in [4.69, 9.17) is 9.47 Å². The number of thiazole rings is 1. The van der Waals surface area contributed by atoms with Gasteiger partial charge >= 0.3 is 5.97 Å². The zero-order valence-electron chi connectivity index (χ0n) is 22.0. The molecule has 5 unspecified atom stereocenters. The Labute approximate surface area is 213 Å². The van der Waals surface area contributed by atoms with Crippen LogP contribution >= 0.6 is 11.3 Å². The average Bonchev–Trinajstić information content (AvgIpc) is 3.20. The van der Waals surface area contributed by atoms with Crippen molar-refractivity contribution in [3.63, 3.8) is 0 Å². The summed E-state index contributed by atoms with van der Waals surface area (Å²) in [5.74, 6) is -1.18. The number of carbonyl (C=O) groups is 2. The molecule has 1 aromatic heterocycles. The van der Waals surface area contributed by atoms with Crippen molar-refractivity contribution < 1.29 is 29.3 Å². The third kappa shape index (κ3) is 8.07. The summed E-state index contributed by atoms with van der Waals surface area (Å²) < 4.78 is 11.2. The fraction of sp³-hybridized carbons (Fsp3) is 0.667. The van der Waals surface area contributed by atoms with Gasteiger partial charge < -0.3 is 19.7 Å². The van der Waals surface area contributed by atoms with Crippen LogP contribution in [-0.2, 0) is 19.1 Å². The van der Waals surface area contributed by atoms with Crippen LogP contribution in [0.3, 0.4) is 0 Å². The highest BCUT2D eigenvalue weighted by Crippen LogP contribution is 2.31. The van der Waals surface area contributed by atoms with Crippen molar-refractivity contribution in [1.29, 1.82) is 0 Å². The lowest BCUT2D eigenvalue weighted by atomic mass is 9.76. The third-order valence-corrected chi connectivity index (χ3v) is 7.80. The van der Waals surface area contributed by atoms with Crippen LogP contribution in [0.1, 0.15) is 76.6 Å². The van der Waals surface area contributed by atoms with Crippen molar-refractivity contribution in [2.24, 2.45) is 11.3 Å². The van der Waals surface area contributed by atoms with Gasteiger partial charge in [-0.3, -0.25) is 9.59 Å². The van der Waals surface area contributed by atoms with Crippen molar-refractivity contribution in [3.05, 3.63) is 33.3 Å². The standard InChI is InChI=1S/C27H41NO6S/c1-16-9-8-10-17(2)24(31)25(33-7)26(32)27(5,6)22(29)14-23(30)34-21(12-11-16)18(3)13-20-15-28-19(4)35-20/h11,13,15,17,21-22,24-25,29,31H,8-10,12,14H2,1-7H3/b16-11-,18-13+. The molecular weight excluding hydrogens is 466 g/mol. The van der Waals surface area contributed by atoms with E-state index in [1.807, 2.05) is 33.8 Å². The van der Waals surface area contributed by atoms with E-state index in [2.05, 4.69) is 11.1 Å². The van der Waals surface area contributed by atoms with Crippen LogP contribution in [0.2, 0.25) is 0 Å². The summed E-state index contributed by atoms with van der Waals surface area (Å²) in [4.78, 5) is 31.4. The molecule has 0 aromatic carbocycles. The van der Waals surface area contributed by atoms with Gasteiger partial charge in [-0.05, 0) is 57.6 Å². The number of aryl methyl sites for hydroxylation is 1. The molecular formula is C27H41NO6S. The van der Waals surface area contributed by atoms with Crippen LogP contribution in [0, 0.1) is 18.3 Å². The van der Waals surface area contributed by atoms with Gasteiger partial charge in [-0.2, -0.15) is 0 Å². The molecule has 2 rings (SSSR count). The van der Waals surface area contributed by atoms with E-state index in [-0.39, 0.29) is 12.3 Å². The molecule has 2 N–H and O–H groups in total. The summed E-state index contributed by atoms with van der Waals surface area (Å²) in [5, 5.41) is 22.7. The van der Waals surface area contributed by atoms with E-state index in [9.17, 15) is 19.8 Å². The molecule has 5 atom stereocenters. The number of aromatic nitrogens is 1. The molecule has 8 heteroatoms. The van der Waals surface area contributed by atoms with Gasteiger partial charge in [-0.25, -0.2) is 4.98 Å². The normalized spacial score (nSPS) is 31.5. The molecule has 0 bridgehead atoms. The Morgan fingerprint density at radius 1 is 1.29 bits per heavy atom. The maximum atomic E-state index is 13.3. The Balaban J connectivity index is 2.35. The lowest BCUT2D eigenvalue weighted by Gasteiger charge is -2.35. The summed E-state index contributed by atoms with van der Waals surface area (Å²) in [6, 6.07) is 0. The Kier molecular flexibility index (Phi) is 10.8. The highest BCUT2D eigenvalue weighted by Gasteiger charge is 2.44. The van der Waals surface area contributed by atoms with Gasteiger partial charge in [-0.1, -0.05) is 32.4 Å². The topological polar surface area (TPSA) is 106 Å². The fourth-order valence-corrected chi connectivity index (χ4v) is 5.02. The number of methoxy groups -OCH3 is 1. The first-order valence-corrected chi connectivity index (χ1v) is 13.1. The summed E-state index contributed by atoms with van der Waals surface area (Å²) >= 11 is 1.56. The van der Waals surface area contributed by atoms with Crippen LogP contribution < -0.4 is 0 Å². The molecule has 1 aliphatic heterocycles. The predicted molar refractivity (Wildman–Crippen MR) is 138 cm³/mol. The molecule has 0 fully saturated rings. The minimum atomic E-state index is -1.31. The van der Waals surface area contributed by atoms with E-state index in [1.54, 1.807) is 31.4 Å². The number of ketones is 1. The van der Waals surface area contributed by atoms with E-state index >= 15 is 0 Å². The number of carbonyl (C=O) groups excluding carboxylic acids is 2. The maximum Gasteiger partial charge on any atom is 0.309 e. The Hall–Kier alpha value is -1.87. The van der Waals surface area contributed by atoms with E-state index in [1.165, 1.54) is 12.7 Å². The van der Waals surface area contributed by atoms with Crippen LogP contribution in [0.15, 0.2) is 23.4 Å². The summed E-state index contributed by atoms with van der Waals surface area (Å²) in [6.07, 6.45) is 4.56. The number of rotatable bonds is 3. The summed E-state index contributed by atoms with van der Waals surface area (Å²) in [5.41, 5.74) is 0.740. The first kappa shape index (κ1) is 29.4. The van der Waals surface area contributed by atoms with E-state index in [0.29, 0.717) is 6.42 Å². The second-order valence-electron chi connectivity index (χ2n) is 10.3. The number of hydrogen-bond acceptors (Lipinski definition) is 8. The summed E-state index contributed by atoms with van der Waals surface area (Å²) in [6.45, 7) is 10.9. The van der Waals surface area contributed by atoms with Gasteiger partial charge in [-0.15, -0.1) is 11.3 Å². The number of Topliss-reactive ketones (excluding diaryl/α,β-unsaturated/α-hetero) is 1. The van der Waals surface area contributed by atoms with Crippen molar-refractivity contribution >= 4 is 29.2 Å². The molecule has 1 aromatic rings. The van der Waals surface area contributed by atoms with Gasteiger partial charge in [0.05, 0.1) is 29.1 Å². The van der Waals surface area contributed by atoms with Crippen molar-refractivity contribution in [1.82, 2.24) is 4.98 Å². The molecule has 0 aliphatic carbocycles. The maximum absolute atomic E-state index is 13.3. The second-order valence-corrected chi connectivity index (χ2v) is 11.5. The molecule has 7 nitrogen and oxygen atoms in total. The van der Waals surface area contributed by atoms with Gasteiger partial charge in [0, 0.05) is 24.6 Å². The molecule has 0 spiro atoms. The smallest absolute Gasteiger partial charge is 0.309 e. The molecule has 0 amide bonds. The van der Waals surface area contributed by atoms with Gasteiger partial charge in [0.25, 0.3) is 0 Å². The number of ether oxygens (including phenoxy) is 2. The Morgan fingerprint density at radius 2 is 1.97 bits per heavy atom. The Morgan fingerprint density at radius 3 is 2.57 bits per heavy atom. The number of nitrogens with zero attached hydrogens (tertiary/aromatic N) is 1. The van der Waals surface area contributed by atoms with Gasteiger partial charge in [0.15, 0.2) is 5.78 Å². The summed E-state index contributed by atoms with van der Waals surface area (Å²) in [7, 11) is 1.38. The molecule has 2 heterocycles. The molecule has 0 radical (unpaired) electrons. The third-order valence-electron chi connectivity index (χ3n) is 6.94. The minimum absolute atomic E-state index is 0.164. The first-order valence-electron chi connectivity index (χ1n) is 12.3. The van der Waals surface area contributed by atoms with Crippen molar-refractivity contribution in [3.8, 4) is 0 Å². The number of hydrogen-bond donors (Lipinski definition) is 2. The molecule has 35 heavy (non-hydrogen) atoms. The van der Waals surface area contributed by atoms with Crippen LogP contribution in [0.5, 0.6) is 0 Å². The highest BCUT2D eigenvalue weighted by molar-refractivity contribution is 7.12. The lowest BCUT2D eigenvalue weighted by Crippen LogP contribution is -2.50. The number of cyclic esters (lactones) is 1. The monoisotopic (exact) mass is 507 g/mol. The zero-order valence-corrected chi connectivity index (χ0v) is 22.9. The van der Waals surface area contributed by atoms with Crippen LogP contribution in [0.25, 0.3) is 6.08 Å². The van der Waals surface area contributed by atoms with E-state index < -0.39 is 41.6 Å². The molecule has 196 valence electrons. The minimum Gasteiger partial charge on any atom is -0.457 e. The Bertz CT molecular complexity index is 934. The van der Waals surface area contributed by atoms with Gasteiger partial charge in [0.1, 0.15) is 12.2 Å². The first-order chi connectivity index (χ1) is 16.4. The SMILES string of the molecule is COC1C(=O)C(C)(C)C(O)CC(=O)OC(/C(C)=C/c2cnc(C)s2)C/C=C(/C)CCCC(C)C1O. The van der Waals surface area contributed by atoms with E-state index in [0.717, 1.165) is 34.7 Å². The largest absolute Gasteiger partial charge is 0.457 e.